The topological polar surface area (TPSA) is 108 Å². The molecule has 2 amide bonds. The van der Waals surface area contributed by atoms with Crippen LogP contribution in [-0.2, 0) is 14.3 Å². The molecular formula is C20H17N3O4. The molecule has 7 nitrogen and oxygen atoms in total. The number of benzene rings is 2. The summed E-state index contributed by atoms with van der Waals surface area (Å²) in [5.41, 5.74) is 1.97. The zero-order chi connectivity index (χ0) is 19.6. The monoisotopic (exact) mass is 363 g/mol. The van der Waals surface area contributed by atoms with Crippen molar-refractivity contribution in [3.05, 3.63) is 71.3 Å². The van der Waals surface area contributed by atoms with E-state index in [9.17, 15) is 14.4 Å². The number of nitrogens with one attached hydrogen (secondary N) is 2. The van der Waals surface area contributed by atoms with Gasteiger partial charge in [0.25, 0.3) is 5.91 Å². The molecule has 0 aliphatic carbocycles. The molecule has 0 aliphatic heterocycles. The number of hydrogen-bond donors (Lipinski definition) is 2. The van der Waals surface area contributed by atoms with Gasteiger partial charge in [-0.2, -0.15) is 5.26 Å². The molecule has 2 aromatic carbocycles. The maximum absolute atomic E-state index is 12.0. The van der Waals surface area contributed by atoms with Crippen LogP contribution in [0.2, 0.25) is 0 Å². The second-order valence-corrected chi connectivity index (χ2v) is 5.36. The Morgan fingerprint density at radius 1 is 1.11 bits per heavy atom. The van der Waals surface area contributed by atoms with E-state index in [2.05, 4.69) is 21.4 Å². The predicted molar refractivity (Wildman–Crippen MR) is 99.6 cm³/mol. The maximum Gasteiger partial charge on any atom is 0.325 e. The molecule has 0 fully saturated rings. The molecule has 0 saturated heterocycles. The Balaban J connectivity index is 1.95. The van der Waals surface area contributed by atoms with E-state index < -0.39 is 11.9 Å². The molecule has 2 aromatic rings. The summed E-state index contributed by atoms with van der Waals surface area (Å²) in [7, 11) is 1.24. The number of amides is 2. The van der Waals surface area contributed by atoms with Crippen molar-refractivity contribution in [3.8, 4) is 6.07 Å². The normalized spacial score (nSPS) is 10.1. The van der Waals surface area contributed by atoms with Crippen molar-refractivity contribution >= 4 is 29.5 Å². The minimum absolute atomic E-state index is 0.219. The lowest BCUT2D eigenvalue weighted by atomic mass is 10.1. The van der Waals surface area contributed by atoms with Crippen molar-refractivity contribution in [1.82, 2.24) is 5.32 Å². The molecule has 0 spiro atoms. The Morgan fingerprint density at radius 3 is 2.48 bits per heavy atom. The summed E-state index contributed by atoms with van der Waals surface area (Å²) in [6, 6.07) is 15.2. The Labute approximate surface area is 156 Å². The van der Waals surface area contributed by atoms with Crippen LogP contribution in [0.15, 0.2) is 54.6 Å². The number of esters is 1. The lowest BCUT2D eigenvalue weighted by molar-refractivity contribution is -0.139. The molecule has 0 bridgehead atoms. The fraction of sp³-hybridized carbons (Fsp3) is 0.100. The Kier molecular flexibility index (Phi) is 6.85. The van der Waals surface area contributed by atoms with Gasteiger partial charge in [-0.25, -0.2) is 0 Å². The Hall–Kier alpha value is -3.92. The highest BCUT2D eigenvalue weighted by Gasteiger charge is 2.08. The van der Waals surface area contributed by atoms with Crippen molar-refractivity contribution in [3.63, 3.8) is 0 Å². The molecule has 0 heterocycles. The Morgan fingerprint density at radius 2 is 1.81 bits per heavy atom. The molecule has 0 radical (unpaired) electrons. The van der Waals surface area contributed by atoms with Gasteiger partial charge in [0.1, 0.15) is 6.54 Å². The number of ether oxygens (including phenoxy) is 1. The first kappa shape index (κ1) is 19.4. The highest BCUT2D eigenvalue weighted by molar-refractivity contribution is 6.02. The van der Waals surface area contributed by atoms with E-state index in [1.807, 2.05) is 0 Å². The third-order valence-corrected chi connectivity index (χ3v) is 3.53. The standard InChI is InChI=1S/C20H17N3O4/c1-27-19(25)13-22-20(26)15-6-9-17(10-7-15)23-18(24)11-8-14-4-2-3-5-16(14)12-21/h2-11H,13H2,1H3,(H,22,26)(H,23,24)/b11-8+. The van der Waals surface area contributed by atoms with Crippen LogP contribution in [0.5, 0.6) is 0 Å². The average Bonchev–Trinajstić information content (AvgIpc) is 2.70. The molecule has 7 heteroatoms. The van der Waals surface area contributed by atoms with Gasteiger partial charge >= 0.3 is 5.97 Å². The molecule has 136 valence electrons. The van der Waals surface area contributed by atoms with Crippen molar-refractivity contribution in [2.24, 2.45) is 0 Å². The maximum atomic E-state index is 12.0. The smallest absolute Gasteiger partial charge is 0.325 e. The highest BCUT2D eigenvalue weighted by atomic mass is 16.5. The van der Waals surface area contributed by atoms with Crippen LogP contribution in [0.4, 0.5) is 5.69 Å². The summed E-state index contributed by atoms with van der Waals surface area (Å²) in [5, 5.41) is 14.1. The first-order chi connectivity index (χ1) is 13.0. The number of hydrogen-bond acceptors (Lipinski definition) is 5. The quantitative estimate of drug-likeness (QED) is 0.604. The van der Waals surface area contributed by atoms with Crippen molar-refractivity contribution < 1.29 is 19.1 Å². The third-order valence-electron chi connectivity index (χ3n) is 3.53. The SMILES string of the molecule is COC(=O)CNC(=O)c1ccc(NC(=O)/C=C/c2ccccc2C#N)cc1. The predicted octanol–water partition coefficient (Wildman–Crippen LogP) is 2.11. The summed E-state index contributed by atoms with van der Waals surface area (Å²) in [6.07, 6.45) is 2.88. The summed E-state index contributed by atoms with van der Waals surface area (Å²) >= 11 is 0. The first-order valence-corrected chi connectivity index (χ1v) is 7.96. The van der Waals surface area contributed by atoms with E-state index in [-0.39, 0.29) is 12.5 Å². The third kappa shape index (κ3) is 5.83. The van der Waals surface area contributed by atoms with Crippen LogP contribution >= 0.6 is 0 Å². The van der Waals surface area contributed by atoms with Crippen LogP contribution in [0, 0.1) is 11.3 Å². The van der Waals surface area contributed by atoms with Crippen LogP contribution in [0.3, 0.4) is 0 Å². The van der Waals surface area contributed by atoms with E-state index in [1.54, 1.807) is 42.5 Å². The number of anilines is 1. The van der Waals surface area contributed by atoms with Crippen molar-refractivity contribution in [2.45, 2.75) is 0 Å². The lowest BCUT2D eigenvalue weighted by Gasteiger charge is -2.06. The van der Waals surface area contributed by atoms with Crippen LogP contribution in [0.1, 0.15) is 21.5 Å². The average molecular weight is 363 g/mol. The minimum atomic E-state index is -0.544. The fourth-order valence-electron chi connectivity index (χ4n) is 2.13. The van der Waals surface area contributed by atoms with Gasteiger partial charge in [-0.3, -0.25) is 14.4 Å². The van der Waals surface area contributed by atoms with Gasteiger partial charge in [-0.05, 0) is 42.0 Å². The van der Waals surface area contributed by atoms with Gasteiger partial charge in [0.15, 0.2) is 0 Å². The number of nitriles is 1. The number of methoxy groups -OCH3 is 1. The lowest BCUT2D eigenvalue weighted by Crippen LogP contribution is -2.30. The van der Waals surface area contributed by atoms with Crippen molar-refractivity contribution in [1.29, 1.82) is 5.26 Å². The molecule has 0 aromatic heterocycles. The zero-order valence-electron chi connectivity index (χ0n) is 14.6. The highest BCUT2D eigenvalue weighted by Crippen LogP contribution is 2.11. The van der Waals surface area contributed by atoms with Crippen LogP contribution in [0.25, 0.3) is 6.08 Å². The second-order valence-electron chi connectivity index (χ2n) is 5.36. The number of carbonyl (C=O) groups is 3. The fourth-order valence-corrected chi connectivity index (χ4v) is 2.13. The van der Waals surface area contributed by atoms with Gasteiger partial charge in [0, 0.05) is 17.3 Å². The van der Waals surface area contributed by atoms with Crippen LogP contribution in [-0.4, -0.2) is 31.4 Å². The van der Waals surface area contributed by atoms with Gasteiger partial charge in [-0.1, -0.05) is 18.2 Å². The number of carbonyl (C=O) groups excluding carboxylic acids is 3. The van der Waals surface area contributed by atoms with Crippen molar-refractivity contribution in [2.75, 3.05) is 19.0 Å². The van der Waals surface area contributed by atoms with E-state index in [4.69, 9.17) is 5.26 Å². The first-order valence-electron chi connectivity index (χ1n) is 7.96. The van der Waals surface area contributed by atoms with Gasteiger partial charge < -0.3 is 15.4 Å². The van der Waals surface area contributed by atoms with E-state index >= 15 is 0 Å². The minimum Gasteiger partial charge on any atom is -0.468 e. The van der Waals surface area contributed by atoms with E-state index in [0.29, 0.717) is 22.4 Å². The molecule has 0 atom stereocenters. The van der Waals surface area contributed by atoms with Crippen LogP contribution < -0.4 is 10.6 Å². The molecular weight excluding hydrogens is 346 g/mol. The van der Waals surface area contributed by atoms with Gasteiger partial charge in [0.05, 0.1) is 18.7 Å². The van der Waals surface area contributed by atoms with Gasteiger partial charge in [-0.15, -0.1) is 0 Å². The Bertz CT molecular complexity index is 912. The molecule has 2 rings (SSSR count). The number of rotatable bonds is 6. The summed E-state index contributed by atoms with van der Waals surface area (Å²) in [5.74, 6) is -1.34. The van der Waals surface area contributed by atoms with E-state index in [1.165, 1.54) is 25.3 Å². The molecule has 27 heavy (non-hydrogen) atoms. The largest absolute Gasteiger partial charge is 0.468 e. The molecule has 0 unspecified atom stereocenters. The van der Waals surface area contributed by atoms with Gasteiger partial charge in [0.2, 0.25) is 5.91 Å². The molecule has 0 saturated carbocycles. The molecule has 0 aliphatic rings. The zero-order valence-corrected chi connectivity index (χ0v) is 14.6. The summed E-state index contributed by atoms with van der Waals surface area (Å²) < 4.78 is 4.44. The molecule has 2 N–H and O–H groups in total. The van der Waals surface area contributed by atoms with E-state index in [0.717, 1.165) is 0 Å². The second kappa shape index (κ2) is 9.53. The summed E-state index contributed by atoms with van der Waals surface area (Å²) in [4.78, 5) is 34.9. The number of nitrogens with zero attached hydrogens (tertiary/aromatic N) is 1. The summed E-state index contributed by atoms with van der Waals surface area (Å²) in [6.45, 7) is -0.219.